The molecule has 0 fully saturated rings. The average molecular weight is 421 g/mol. The summed E-state index contributed by atoms with van der Waals surface area (Å²) in [7, 11) is 0. The molecule has 6 heteroatoms. The number of aryl methyl sites for hydroxylation is 1. The number of carboxylic acids is 1. The molecule has 3 aromatic rings. The molecule has 31 heavy (non-hydrogen) atoms. The highest BCUT2D eigenvalue weighted by molar-refractivity contribution is 5.89. The maximum atomic E-state index is 11.9. The number of nitrogens with zero attached hydrogens (tertiary/aromatic N) is 1. The standard InChI is InChI=1S/C25H27NO5/c1-16(2)17(3)15-31-25-22(21-10-9-19-6-4-5-7-20(19)14-21)12-18(8-11-24(27)28)13-23(25)26(29)30/h4-7,9-10,12-14,16-17H,8,11,15H2,1-3H3,(H,27,28). The number of carbonyl (C=O) groups is 1. The van der Waals surface area contributed by atoms with Crippen LogP contribution in [0.3, 0.4) is 0 Å². The van der Waals surface area contributed by atoms with Gasteiger partial charge in [0.05, 0.1) is 11.5 Å². The van der Waals surface area contributed by atoms with Gasteiger partial charge in [-0.15, -0.1) is 0 Å². The Morgan fingerprint density at radius 2 is 1.77 bits per heavy atom. The van der Waals surface area contributed by atoms with Crippen LogP contribution in [0.4, 0.5) is 5.69 Å². The molecule has 0 aliphatic heterocycles. The van der Waals surface area contributed by atoms with Crippen LogP contribution in [-0.4, -0.2) is 22.6 Å². The number of hydrogen-bond donors (Lipinski definition) is 1. The summed E-state index contributed by atoms with van der Waals surface area (Å²) in [5, 5.41) is 23.0. The Bertz CT molecular complexity index is 1110. The van der Waals surface area contributed by atoms with Crippen LogP contribution in [0, 0.1) is 22.0 Å². The number of rotatable bonds is 9. The minimum absolute atomic E-state index is 0.0983. The van der Waals surface area contributed by atoms with E-state index in [1.165, 1.54) is 6.07 Å². The van der Waals surface area contributed by atoms with Crippen molar-refractivity contribution in [3.05, 3.63) is 70.3 Å². The van der Waals surface area contributed by atoms with Gasteiger partial charge in [0.15, 0.2) is 0 Å². The molecule has 162 valence electrons. The van der Waals surface area contributed by atoms with E-state index in [9.17, 15) is 14.9 Å². The van der Waals surface area contributed by atoms with Crippen LogP contribution in [0.5, 0.6) is 5.75 Å². The van der Waals surface area contributed by atoms with Crippen LogP contribution in [0.15, 0.2) is 54.6 Å². The quantitative estimate of drug-likeness (QED) is 0.333. The van der Waals surface area contributed by atoms with Crippen LogP contribution in [0.25, 0.3) is 21.9 Å². The molecule has 0 aromatic heterocycles. The van der Waals surface area contributed by atoms with Gasteiger partial charge in [0.25, 0.3) is 0 Å². The topological polar surface area (TPSA) is 89.7 Å². The highest BCUT2D eigenvalue weighted by atomic mass is 16.6. The molecule has 0 aliphatic carbocycles. The van der Waals surface area contributed by atoms with Crippen LogP contribution < -0.4 is 4.74 Å². The van der Waals surface area contributed by atoms with Crippen molar-refractivity contribution in [2.75, 3.05) is 6.61 Å². The van der Waals surface area contributed by atoms with Gasteiger partial charge in [-0.3, -0.25) is 14.9 Å². The molecule has 0 heterocycles. The summed E-state index contributed by atoms with van der Waals surface area (Å²) in [6, 6.07) is 17.0. The van der Waals surface area contributed by atoms with Crippen molar-refractivity contribution in [2.45, 2.75) is 33.6 Å². The zero-order valence-corrected chi connectivity index (χ0v) is 18.0. The molecule has 0 saturated carbocycles. The highest BCUT2D eigenvalue weighted by Gasteiger charge is 2.24. The number of aliphatic carboxylic acids is 1. The van der Waals surface area contributed by atoms with Crippen molar-refractivity contribution in [3.8, 4) is 16.9 Å². The Labute approximate surface area is 181 Å². The molecule has 3 rings (SSSR count). The van der Waals surface area contributed by atoms with E-state index in [1.807, 2.05) is 55.5 Å². The van der Waals surface area contributed by atoms with Crippen LogP contribution >= 0.6 is 0 Å². The van der Waals surface area contributed by atoms with Gasteiger partial charge >= 0.3 is 11.7 Å². The first-order valence-corrected chi connectivity index (χ1v) is 10.4. The summed E-state index contributed by atoms with van der Waals surface area (Å²) < 4.78 is 6.04. The molecule has 0 bridgehead atoms. The van der Waals surface area contributed by atoms with E-state index in [-0.39, 0.29) is 30.2 Å². The van der Waals surface area contributed by atoms with E-state index >= 15 is 0 Å². The predicted molar refractivity (Wildman–Crippen MR) is 121 cm³/mol. The Balaban J connectivity index is 2.14. The largest absolute Gasteiger partial charge is 0.486 e. The second-order valence-electron chi connectivity index (χ2n) is 8.24. The lowest BCUT2D eigenvalue weighted by Crippen LogP contribution is -2.15. The Kier molecular flexibility index (Phi) is 6.90. The monoisotopic (exact) mass is 421 g/mol. The van der Waals surface area contributed by atoms with Crippen LogP contribution in [0.1, 0.15) is 32.8 Å². The second-order valence-corrected chi connectivity index (χ2v) is 8.24. The molecule has 0 saturated heterocycles. The number of carboxylic acid groups (broad SMARTS) is 1. The van der Waals surface area contributed by atoms with Crippen molar-refractivity contribution in [3.63, 3.8) is 0 Å². The minimum Gasteiger partial charge on any atom is -0.486 e. The molecule has 1 unspecified atom stereocenters. The van der Waals surface area contributed by atoms with E-state index in [2.05, 4.69) is 13.8 Å². The number of fused-ring (bicyclic) bond motifs is 1. The maximum absolute atomic E-state index is 11.9. The van der Waals surface area contributed by atoms with E-state index < -0.39 is 10.9 Å². The molecule has 0 spiro atoms. The normalized spacial score (nSPS) is 12.1. The first-order chi connectivity index (χ1) is 14.8. The molecule has 0 radical (unpaired) electrons. The van der Waals surface area contributed by atoms with Gasteiger partial charge in [0, 0.05) is 18.1 Å². The molecule has 0 amide bonds. The fraction of sp³-hybridized carbons (Fsp3) is 0.320. The third-order valence-electron chi connectivity index (χ3n) is 5.64. The molecular formula is C25H27NO5. The molecule has 1 N–H and O–H groups in total. The third kappa shape index (κ3) is 5.40. The summed E-state index contributed by atoms with van der Waals surface area (Å²) in [4.78, 5) is 22.5. The van der Waals surface area contributed by atoms with Gasteiger partial charge in [-0.05, 0) is 52.3 Å². The maximum Gasteiger partial charge on any atom is 0.311 e. The lowest BCUT2D eigenvalue weighted by atomic mass is 9.96. The van der Waals surface area contributed by atoms with Gasteiger partial charge in [-0.25, -0.2) is 0 Å². The van der Waals surface area contributed by atoms with E-state index in [0.29, 0.717) is 23.7 Å². The summed E-state index contributed by atoms with van der Waals surface area (Å²) in [5.74, 6) is -0.124. The van der Waals surface area contributed by atoms with E-state index in [1.54, 1.807) is 0 Å². The summed E-state index contributed by atoms with van der Waals surface area (Å²) in [5.41, 5.74) is 1.87. The summed E-state index contributed by atoms with van der Waals surface area (Å²) >= 11 is 0. The van der Waals surface area contributed by atoms with Crippen molar-refractivity contribution >= 4 is 22.4 Å². The molecule has 6 nitrogen and oxygen atoms in total. The SMILES string of the molecule is CC(C)C(C)COc1c(-c2ccc3ccccc3c2)cc(CCC(=O)O)cc1[N+](=O)[O-]. The fourth-order valence-electron chi connectivity index (χ4n) is 3.33. The Morgan fingerprint density at radius 1 is 1.06 bits per heavy atom. The van der Waals surface area contributed by atoms with Crippen molar-refractivity contribution in [1.29, 1.82) is 0 Å². The first-order valence-electron chi connectivity index (χ1n) is 10.4. The lowest BCUT2D eigenvalue weighted by Gasteiger charge is -2.19. The van der Waals surface area contributed by atoms with Gasteiger partial charge in [-0.1, -0.05) is 57.2 Å². The molecule has 0 aliphatic rings. The lowest BCUT2D eigenvalue weighted by molar-refractivity contribution is -0.385. The number of hydrogen-bond acceptors (Lipinski definition) is 4. The molecule has 1 atom stereocenters. The predicted octanol–water partition coefficient (Wildman–Crippen LogP) is 6.10. The third-order valence-corrected chi connectivity index (χ3v) is 5.64. The molecule has 3 aromatic carbocycles. The average Bonchev–Trinajstić information content (AvgIpc) is 2.75. The zero-order valence-electron chi connectivity index (χ0n) is 18.0. The molecular weight excluding hydrogens is 394 g/mol. The van der Waals surface area contributed by atoms with Crippen molar-refractivity contribution in [2.24, 2.45) is 11.8 Å². The van der Waals surface area contributed by atoms with Gasteiger partial charge in [-0.2, -0.15) is 0 Å². The fourth-order valence-corrected chi connectivity index (χ4v) is 3.33. The second kappa shape index (κ2) is 9.60. The van der Waals surface area contributed by atoms with Crippen LogP contribution in [-0.2, 0) is 11.2 Å². The van der Waals surface area contributed by atoms with Crippen LogP contribution in [0.2, 0.25) is 0 Å². The highest BCUT2D eigenvalue weighted by Crippen LogP contribution is 2.41. The van der Waals surface area contributed by atoms with Gasteiger partial charge in [0.2, 0.25) is 5.75 Å². The Morgan fingerprint density at radius 3 is 2.42 bits per heavy atom. The number of nitro benzene ring substituents is 1. The van der Waals surface area contributed by atoms with E-state index in [4.69, 9.17) is 9.84 Å². The van der Waals surface area contributed by atoms with Crippen molar-refractivity contribution < 1.29 is 19.6 Å². The summed E-state index contributed by atoms with van der Waals surface area (Å²) in [6.07, 6.45) is 0.109. The van der Waals surface area contributed by atoms with E-state index in [0.717, 1.165) is 16.3 Å². The van der Waals surface area contributed by atoms with Gasteiger partial charge < -0.3 is 9.84 Å². The number of ether oxygens (including phenoxy) is 1. The summed E-state index contributed by atoms with van der Waals surface area (Å²) in [6.45, 7) is 6.57. The van der Waals surface area contributed by atoms with Gasteiger partial charge in [0.1, 0.15) is 0 Å². The minimum atomic E-state index is -0.944. The van der Waals surface area contributed by atoms with Crippen molar-refractivity contribution in [1.82, 2.24) is 0 Å². The smallest absolute Gasteiger partial charge is 0.311 e. The number of nitro groups is 1. The Hall–Kier alpha value is -3.41. The zero-order chi connectivity index (χ0) is 22.5. The first kappa shape index (κ1) is 22.3. The number of benzene rings is 3.